The number of aromatic amines is 1. The van der Waals surface area contributed by atoms with Crippen molar-refractivity contribution in [2.24, 2.45) is 11.8 Å². The molecule has 0 unspecified atom stereocenters. The second-order valence-corrected chi connectivity index (χ2v) is 5.71. The molecule has 1 heterocycles. The highest BCUT2D eigenvalue weighted by molar-refractivity contribution is 6.08. The number of H-pyrrole nitrogens is 1. The van der Waals surface area contributed by atoms with Crippen LogP contribution in [0.15, 0.2) is 24.4 Å². The first kappa shape index (κ1) is 12.4. The molecular weight excluding hydrogens is 241 g/mol. The summed E-state index contributed by atoms with van der Waals surface area (Å²) in [5.41, 5.74) is 1.42. The summed E-state index contributed by atoms with van der Waals surface area (Å²) in [7, 11) is 0. The average Bonchev–Trinajstić information content (AvgIpc) is 2.81. The Bertz CT molecular complexity index is 608. The van der Waals surface area contributed by atoms with Crippen molar-refractivity contribution in [2.45, 2.75) is 32.6 Å². The second kappa shape index (κ2) is 4.80. The Balaban J connectivity index is 1.89. The minimum Gasteiger partial charge on any atom is -0.360 e. The van der Waals surface area contributed by atoms with Crippen LogP contribution in [0.4, 0.5) is 4.39 Å². The molecule has 1 aliphatic carbocycles. The number of fused-ring (bicyclic) bond motifs is 1. The van der Waals surface area contributed by atoms with Gasteiger partial charge in [-0.1, -0.05) is 19.8 Å². The standard InChI is InChI=1S/C16H18FNO/c1-10-2-4-11(5-3-10)16(19)14-9-18-15-8-12(17)6-7-13(14)15/h6-11,18H,2-5H2,1H3. The van der Waals surface area contributed by atoms with Crippen molar-refractivity contribution in [1.82, 2.24) is 4.98 Å². The van der Waals surface area contributed by atoms with E-state index in [4.69, 9.17) is 0 Å². The summed E-state index contributed by atoms with van der Waals surface area (Å²) in [4.78, 5) is 15.5. The zero-order valence-electron chi connectivity index (χ0n) is 11.1. The first-order valence-corrected chi connectivity index (χ1v) is 6.96. The molecule has 0 radical (unpaired) electrons. The van der Waals surface area contributed by atoms with Crippen molar-refractivity contribution in [3.63, 3.8) is 0 Å². The number of benzene rings is 1. The lowest BCUT2D eigenvalue weighted by Crippen LogP contribution is -2.20. The molecule has 1 aromatic heterocycles. The maximum Gasteiger partial charge on any atom is 0.168 e. The molecule has 0 bridgehead atoms. The van der Waals surface area contributed by atoms with Gasteiger partial charge in [0.25, 0.3) is 0 Å². The highest BCUT2D eigenvalue weighted by atomic mass is 19.1. The van der Waals surface area contributed by atoms with Crippen LogP contribution >= 0.6 is 0 Å². The largest absolute Gasteiger partial charge is 0.360 e. The Morgan fingerprint density at radius 3 is 2.74 bits per heavy atom. The van der Waals surface area contributed by atoms with Gasteiger partial charge in [-0.3, -0.25) is 4.79 Å². The monoisotopic (exact) mass is 259 g/mol. The van der Waals surface area contributed by atoms with Gasteiger partial charge in [0.15, 0.2) is 5.78 Å². The highest BCUT2D eigenvalue weighted by Crippen LogP contribution is 2.32. The number of ketones is 1. The molecule has 1 N–H and O–H groups in total. The van der Waals surface area contributed by atoms with Gasteiger partial charge in [-0.15, -0.1) is 0 Å². The molecule has 0 atom stereocenters. The number of aromatic nitrogens is 1. The first-order valence-electron chi connectivity index (χ1n) is 6.96. The van der Waals surface area contributed by atoms with Gasteiger partial charge in [0.05, 0.1) is 0 Å². The van der Waals surface area contributed by atoms with Crippen molar-refractivity contribution in [3.05, 3.63) is 35.8 Å². The van der Waals surface area contributed by atoms with Crippen molar-refractivity contribution in [2.75, 3.05) is 0 Å². The Morgan fingerprint density at radius 2 is 2.00 bits per heavy atom. The Kier molecular flexibility index (Phi) is 3.13. The Labute approximate surface area is 112 Å². The number of hydrogen-bond donors (Lipinski definition) is 1. The fourth-order valence-electron chi connectivity index (χ4n) is 3.04. The molecule has 19 heavy (non-hydrogen) atoms. The van der Waals surface area contributed by atoms with E-state index in [0.29, 0.717) is 5.52 Å². The summed E-state index contributed by atoms with van der Waals surface area (Å²) in [6, 6.07) is 4.55. The van der Waals surface area contributed by atoms with Crippen LogP contribution in [-0.4, -0.2) is 10.8 Å². The summed E-state index contributed by atoms with van der Waals surface area (Å²) in [6.07, 6.45) is 5.95. The molecule has 1 fully saturated rings. The molecule has 2 nitrogen and oxygen atoms in total. The van der Waals surface area contributed by atoms with Crippen molar-refractivity contribution in [1.29, 1.82) is 0 Å². The lowest BCUT2D eigenvalue weighted by Gasteiger charge is -2.24. The minimum absolute atomic E-state index is 0.139. The highest BCUT2D eigenvalue weighted by Gasteiger charge is 2.26. The van der Waals surface area contributed by atoms with Gasteiger partial charge in [0.2, 0.25) is 0 Å². The molecule has 0 saturated heterocycles. The zero-order chi connectivity index (χ0) is 13.4. The molecule has 0 aliphatic heterocycles. The van der Waals surface area contributed by atoms with E-state index in [0.717, 1.165) is 42.6 Å². The number of rotatable bonds is 2. The van der Waals surface area contributed by atoms with Crippen LogP contribution in [0.1, 0.15) is 43.0 Å². The number of Topliss-reactive ketones (excluding diaryl/α,β-unsaturated/α-hetero) is 1. The normalized spacial score (nSPS) is 23.7. The minimum atomic E-state index is -0.278. The predicted octanol–water partition coefficient (Wildman–Crippen LogP) is 4.32. The summed E-state index contributed by atoms with van der Waals surface area (Å²) >= 11 is 0. The van der Waals surface area contributed by atoms with Crippen LogP contribution in [0, 0.1) is 17.7 Å². The van der Waals surface area contributed by atoms with E-state index in [1.165, 1.54) is 12.1 Å². The number of hydrogen-bond acceptors (Lipinski definition) is 1. The third-order valence-corrected chi connectivity index (χ3v) is 4.30. The lowest BCUT2D eigenvalue weighted by molar-refractivity contribution is 0.0877. The molecule has 2 aromatic rings. The SMILES string of the molecule is CC1CCC(C(=O)c2c[nH]c3cc(F)ccc23)CC1. The van der Waals surface area contributed by atoms with Crippen molar-refractivity contribution < 1.29 is 9.18 Å². The summed E-state index contributed by atoms with van der Waals surface area (Å²) in [6.45, 7) is 2.25. The van der Waals surface area contributed by atoms with Gasteiger partial charge in [0, 0.05) is 28.6 Å². The Morgan fingerprint density at radius 1 is 1.26 bits per heavy atom. The molecular formula is C16H18FNO. The maximum absolute atomic E-state index is 13.1. The summed E-state index contributed by atoms with van der Waals surface area (Å²) in [5.74, 6) is 0.811. The zero-order valence-corrected chi connectivity index (χ0v) is 11.1. The number of carbonyl (C=O) groups is 1. The third kappa shape index (κ3) is 2.29. The van der Waals surface area contributed by atoms with E-state index in [1.54, 1.807) is 12.3 Å². The second-order valence-electron chi connectivity index (χ2n) is 5.71. The smallest absolute Gasteiger partial charge is 0.168 e. The van der Waals surface area contributed by atoms with Crippen molar-refractivity contribution >= 4 is 16.7 Å². The summed E-state index contributed by atoms with van der Waals surface area (Å²) < 4.78 is 13.1. The van der Waals surface area contributed by atoms with Gasteiger partial charge in [-0.2, -0.15) is 0 Å². The third-order valence-electron chi connectivity index (χ3n) is 4.30. The fourth-order valence-corrected chi connectivity index (χ4v) is 3.04. The summed E-state index contributed by atoms with van der Waals surface area (Å²) in [5, 5.41) is 0.838. The molecule has 1 aromatic carbocycles. The van der Waals surface area contributed by atoms with Crippen LogP contribution in [0.5, 0.6) is 0 Å². The van der Waals surface area contributed by atoms with Crippen LogP contribution in [0.25, 0.3) is 10.9 Å². The molecule has 3 rings (SSSR count). The first-order chi connectivity index (χ1) is 9.15. The van der Waals surface area contributed by atoms with Crippen LogP contribution in [-0.2, 0) is 0 Å². The van der Waals surface area contributed by atoms with Crippen LogP contribution in [0.2, 0.25) is 0 Å². The van der Waals surface area contributed by atoms with Gasteiger partial charge < -0.3 is 4.98 Å². The van der Waals surface area contributed by atoms with Gasteiger partial charge in [-0.05, 0) is 37.0 Å². The maximum atomic E-state index is 13.1. The van der Waals surface area contributed by atoms with Gasteiger partial charge >= 0.3 is 0 Å². The Hall–Kier alpha value is -1.64. The van der Waals surface area contributed by atoms with Crippen LogP contribution < -0.4 is 0 Å². The van der Waals surface area contributed by atoms with Crippen molar-refractivity contribution in [3.8, 4) is 0 Å². The lowest BCUT2D eigenvalue weighted by atomic mass is 9.79. The van der Waals surface area contributed by atoms with E-state index in [2.05, 4.69) is 11.9 Å². The van der Waals surface area contributed by atoms with Gasteiger partial charge in [-0.25, -0.2) is 4.39 Å². The number of carbonyl (C=O) groups excluding carboxylic acids is 1. The molecule has 1 aliphatic rings. The van der Waals surface area contributed by atoms with E-state index < -0.39 is 0 Å². The van der Waals surface area contributed by atoms with Crippen LogP contribution in [0.3, 0.4) is 0 Å². The number of halogens is 1. The van der Waals surface area contributed by atoms with Gasteiger partial charge in [0.1, 0.15) is 5.82 Å². The average molecular weight is 259 g/mol. The van der Waals surface area contributed by atoms with E-state index in [-0.39, 0.29) is 17.5 Å². The quantitative estimate of drug-likeness (QED) is 0.801. The molecule has 0 amide bonds. The number of nitrogens with one attached hydrogen (secondary N) is 1. The molecule has 100 valence electrons. The van der Waals surface area contributed by atoms with E-state index in [9.17, 15) is 9.18 Å². The molecule has 1 saturated carbocycles. The van der Waals surface area contributed by atoms with E-state index >= 15 is 0 Å². The fraction of sp³-hybridized carbons (Fsp3) is 0.438. The predicted molar refractivity (Wildman–Crippen MR) is 73.7 cm³/mol. The topological polar surface area (TPSA) is 32.9 Å². The van der Waals surface area contributed by atoms with E-state index in [1.807, 2.05) is 0 Å². The molecule has 0 spiro atoms. The molecule has 3 heteroatoms.